The van der Waals surface area contributed by atoms with E-state index in [-0.39, 0.29) is 18.0 Å². The number of hydrogen-bond acceptors (Lipinski definition) is 4. The lowest BCUT2D eigenvalue weighted by molar-refractivity contribution is -0.148. The maximum Gasteiger partial charge on any atom is 0.328 e. The molecule has 0 bridgehead atoms. The van der Waals surface area contributed by atoms with Gasteiger partial charge >= 0.3 is 5.97 Å². The van der Waals surface area contributed by atoms with Gasteiger partial charge in [0.2, 0.25) is 5.91 Å². The van der Waals surface area contributed by atoms with Gasteiger partial charge in [-0.1, -0.05) is 218 Å². The highest BCUT2D eigenvalue weighted by Gasteiger charge is 2.23. The van der Waals surface area contributed by atoms with Crippen LogP contribution in [0.2, 0.25) is 0 Å². The third-order valence-corrected chi connectivity index (χ3v) is 11.1. The maximum absolute atomic E-state index is 13.4. The number of amides is 1. The van der Waals surface area contributed by atoms with Crippen LogP contribution in [0.25, 0.3) is 6.08 Å². The second kappa shape index (κ2) is 38.2. The van der Waals surface area contributed by atoms with E-state index in [4.69, 9.17) is 9.47 Å². The van der Waals surface area contributed by atoms with E-state index in [0.29, 0.717) is 19.4 Å². The van der Waals surface area contributed by atoms with Crippen LogP contribution in [0.15, 0.2) is 24.3 Å². The molecule has 0 aliphatic heterocycles. The van der Waals surface area contributed by atoms with Crippen molar-refractivity contribution in [3.63, 3.8) is 0 Å². The van der Waals surface area contributed by atoms with Crippen molar-refractivity contribution in [1.82, 2.24) is 5.32 Å². The Hall–Kier alpha value is -2.30. The number of hydrogen-bond donors (Lipinski definition) is 1. The second-order valence-corrected chi connectivity index (χ2v) is 17.0. The number of rotatable bonds is 40. The quantitative estimate of drug-likeness (QED) is 0.0532. The van der Waals surface area contributed by atoms with Crippen LogP contribution >= 0.6 is 0 Å². The van der Waals surface area contributed by atoms with Gasteiger partial charge in [-0.2, -0.15) is 0 Å². The lowest BCUT2D eigenvalue weighted by Crippen LogP contribution is -2.43. The number of nitrogens with one attached hydrogen (secondary N) is 1. The summed E-state index contributed by atoms with van der Waals surface area (Å²) < 4.78 is 11.8. The molecule has 1 N–H and O–H groups in total. The minimum Gasteiger partial charge on any atom is -0.490 e. The SMILES string of the molecule is C/C=C/c1cc(C[C@H](NC(=O)CCCCCCCCCCCCCCCCC)C(=O)OCCCCCCCCCCCCCCCCCC)ccc1OC(C)C. The average molecular weight is 782 g/mol. The molecule has 0 aliphatic carbocycles. The van der Waals surface area contributed by atoms with E-state index in [0.717, 1.165) is 42.6 Å². The summed E-state index contributed by atoms with van der Waals surface area (Å²) in [6.07, 6.45) is 45.4. The first-order chi connectivity index (χ1) is 27.4. The van der Waals surface area contributed by atoms with Crippen LogP contribution in [0.5, 0.6) is 5.75 Å². The fourth-order valence-electron chi connectivity index (χ4n) is 7.67. The summed E-state index contributed by atoms with van der Waals surface area (Å²) in [4.78, 5) is 26.5. The minimum absolute atomic E-state index is 0.0579. The molecule has 56 heavy (non-hydrogen) atoms. The zero-order chi connectivity index (χ0) is 40.7. The number of benzene rings is 1. The van der Waals surface area contributed by atoms with Gasteiger partial charge in [-0.25, -0.2) is 4.79 Å². The predicted octanol–water partition coefficient (Wildman–Crippen LogP) is 15.6. The zero-order valence-electron chi connectivity index (χ0n) is 37.7. The summed E-state index contributed by atoms with van der Waals surface area (Å²) in [6, 6.07) is 5.34. The molecule has 0 aliphatic rings. The zero-order valence-corrected chi connectivity index (χ0v) is 37.7. The Morgan fingerprint density at radius 2 is 1.00 bits per heavy atom. The van der Waals surface area contributed by atoms with Crippen LogP contribution in [0.4, 0.5) is 0 Å². The number of esters is 1. The molecular formula is C51H91NO4. The molecule has 0 fully saturated rings. The average Bonchev–Trinajstić information content (AvgIpc) is 3.18. The third-order valence-electron chi connectivity index (χ3n) is 11.1. The Morgan fingerprint density at radius 3 is 1.41 bits per heavy atom. The Morgan fingerprint density at radius 1 is 0.589 bits per heavy atom. The molecule has 0 aromatic heterocycles. The summed E-state index contributed by atoms with van der Waals surface area (Å²) in [7, 11) is 0. The normalized spacial score (nSPS) is 12.1. The standard InChI is InChI=1S/C51H91NO4/c1-6-9-11-13-15-17-19-21-23-25-27-29-31-33-35-37-42-55-51(54)48(44-46-40-41-49(56-45(4)5)47(43-46)38-8-3)52-50(53)39-36-34-32-30-28-26-24-22-20-18-16-14-12-10-7-2/h8,38,40-41,43,45,48H,6-7,9-37,39,42,44H2,1-5H3,(H,52,53)/b38-8+/t48-/m0/s1. The van der Waals surface area contributed by atoms with Gasteiger partial charge in [0, 0.05) is 18.4 Å². The van der Waals surface area contributed by atoms with Crippen molar-refractivity contribution in [2.45, 2.75) is 259 Å². The van der Waals surface area contributed by atoms with E-state index in [1.54, 1.807) is 0 Å². The molecule has 0 radical (unpaired) electrons. The van der Waals surface area contributed by atoms with Gasteiger partial charge in [-0.3, -0.25) is 4.79 Å². The Kier molecular flexibility index (Phi) is 35.3. The monoisotopic (exact) mass is 782 g/mol. The smallest absolute Gasteiger partial charge is 0.328 e. The molecule has 1 atom stereocenters. The van der Waals surface area contributed by atoms with Crippen molar-refractivity contribution >= 4 is 18.0 Å². The topological polar surface area (TPSA) is 64.6 Å². The van der Waals surface area contributed by atoms with Crippen LogP contribution in [-0.2, 0) is 20.7 Å². The molecule has 324 valence electrons. The van der Waals surface area contributed by atoms with Crippen LogP contribution in [0, 0.1) is 0 Å². The lowest BCUT2D eigenvalue weighted by atomic mass is 10.0. The van der Waals surface area contributed by atoms with Gasteiger partial charge in [0.15, 0.2) is 0 Å². The van der Waals surface area contributed by atoms with Crippen molar-refractivity contribution in [1.29, 1.82) is 0 Å². The largest absolute Gasteiger partial charge is 0.490 e. The van der Waals surface area contributed by atoms with Gasteiger partial charge in [0.25, 0.3) is 0 Å². The predicted molar refractivity (Wildman–Crippen MR) is 243 cm³/mol. The molecule has 1 amide bonds. The first kappa shape index (κ1) is 51.7. The first-order valence-electron chi connectivity index (χ1n) is 24.3. The number of carbonyl (C=O) groups is 2. The third kappa shape index (κ3) is 30.8. The molecule has 0 unspecified atom stereocenters. The van der Waals surface area contributed by atoms with Crippen molar-refractivity contribution in [3.05, 3.63) is 35.4 Å². The summed E-state index contributed by atoms with van der Waals surface area (Å²) in [5.74, 6) is 0.435. The highest BCUT2D eigenvalue weighted by atomic mass is 16.5. The van der Waals surface area contributed by atoms with E-state index in [2.05, 4.69) is 25.2 Å². The Labute approximate surface area is 347 Å². The van der Waals surface area contributed by atoms with Crippen LogP contribution < -0.4 is 10.1 Å². The van der Waals surface area contributed by atoms with Gasteiger partial charge in [0.05, 0.1) is 12.7 Å². The fourth-order valence-corrected chi connectivity index (χ4v) is 7.67. The van der Waals surface area contributed by atoms with E-state index in [1.807, 2.05) is 45.1 Å². The van der Waals surface area contributed by atoms with Gasteiger partial charge in [-0.15, -0.1) is 0 Å². The van der Waals surface area contributed by atoms with E-state index in [1.165, 1.54) is 173 Å². The lowest BCUT2D eigenvalue weighted by Gasteiger charge is -2.19. The summed E-state index contributed by atoms with van der Waals surface area (Å²) in [5.41, 5.74) is 1.95. The molecule has 1 rings (SSSR count). The second-order valence-electron chi connectivity index (χ2n) is 17.0. The molecule has 0 heterocycles. The minimum atomic E-state index is -0.699. The highest BCUT2D eigenvalue weighted by Crippen LogP contribution is 2.24. The molecule has 1 aromatic rings. The molecule has 0 saturated carbocycles. The van der Waals surface area contributed by atoms with E-state index in [9.17, 15) is 9.59 Å². The van der Waals surface area contributed by atoms with Gasteiger partial charge in [-0.05, 0) is 51.3 Å². The van der Waals surface area contributed by atoms with Crippen LogP contribution in [0.1, 0.15) is 251 Å². The van der Waals surface area contributed by atoms with Crippen molar-refractivity contribution in [2.24, 2.45) is 0 Å². The number of ether oxygens (including phenoxy) is 2. The van der Waals surface area contributed by atoms with E-state index >= 15 is 0 Å². The summed E-state index contributed by atoms with van der Waals surface area (Å²) in [6.45, 7) is 11.0. The number of unbranched alkanes of at least 4 members (excludes halogenated alkanes) is 29. The fraction of sp³-hybridized carbons (Fsp3) is 0.804. The first-order valence-corrected chi connectivity index (χ1v) is 24.3. The molecular weight excluding hydrogens is 691 g/mol. The van der Waals surface area contributed by atoms with Crippen molar-refractivity contribution in [2.75, 3.05) is 6.61 Å². The van der Waals surface area contributed by atoms with Crippen molar-refractivity contribution < 1.29 is 19.1 Å². The number of carbonyl (C=O) groups excluding carboxylic acids is 2. The van der Waals surface area contributed by atoms with Gasteiger partial charge < -0.3 is 14.8 Å². The van der Waals surface area contributed by atoms with Crippen LogP contribution in [0.3, 0.4) is 0 Å². The Bertz CT molecular complexity index is 1080. The highest BCUT2D eigenvalue weighted by molar-refractivity contribution is 5.84. The molecule has 5 heteroatoms. The number of allylic oxidation sites excluding steroid dienone is 1. The summed E-state index contributed by atoms with van der Waals surface area (Å²) >= 11 is 0. The molecule has 0 spiro atoms. The maximum atomic E-state index is 13.4. The summed E-state index contributed by atoms with van der Waals surface area (Å²) in [5, 5.41) is 3.06. The molecule has 0 saturated heterocycles. The Balaban J connectivity index is 2.41. The van der Waals surface area contributed by atoms with Crippen molar-refractivity contribution in [3.8, 4) is 5.75 Å². The molecule has 1 aromatic carbocycles. The van der Waals surface area contributed by atoms with Crippen LogP contribution in [-0.4, -0.2) is 30.6 Å². The van der Waals surface area contributed by atoms with E-state index < -0.39 is 6.04 Å². The molecule has 5 nitrogen and oxygen atoms in total. The van der Waals surface area contributed by atoms with Gasteiger partial charge in [0.1, 0.15) is 11.8 Å².